The highest BCUT2D eigenvalue weighted by Crippen LogP contribution is 2.18. The first kappa shape index (κ1) is 16.4. The number of carbonyl (C=O) groups is 1. The first-order chi connectivity index (χ1) is 10.2. The molecule has 0 saturated carbocycles. The van der Waals surface area contributed by atoms with Gasteiger partial charge < -0.3 is 15.4 Å². The summed E-state index contributed by atoms with van der Waals surface area (Å²) in [6, 6.07) is 4.68. The van der Waals surface area contributed by atoms with Crippen LogP contribution in [0.25, 0.3) is 0 Å². The van der Waals surface area contributed by atoms with Gasteiger partial charge in [-0.25, -0.2) is 4.39 Å². The molecule has 1 aromatic carbocycles. The number of rotatable bonds is 6. The predicted molar refractivity (Wildman–Crippen MR) is 82.9 cm³/mol. The molecule has 1 fully saturated rings. The standard InChI is InChI=1S/C15H20BrFN2O2/c16-13-4-1-3-12(14(13)17)15(20)19-7-2-10-21-11-5-8-18-9-6-11/h1,3-4,11,18H,2,5-10H2,(H,19,20). The number of piperidine rings is 1. The molecule has 1 amide bonds. The summed E-state index contributed by atoms with van der Waals surface area (Å²) in [6.07, 6.45) is 3.13. The smallest absolute Gasteiger partial charge is 0.254 e. The summed E-state index contributed by atoms with van der Waals surface area (Å²) in [5.74, 6) is -0.920. The Morgan fingerprint density at radius 2 is 2.19 bits per heavy atom. The Bertz CT molecular complexity index is 479. The summed E-state index contributed by atoms with van der Waals surface area (Å²) in [4.78, 5) is 11.9. The molecule has 1 heterocycles. The van der Waals surface area contributed by atoms with Gasteiger partial charge in [-0.05, 0) is 60.4 Å². The summed E-state index contributed by atoms with van der Waals surface area (Å²) in [5, 5.41) is 6.00. The summed E-state index contributed by atoms with van der Waals surface area (Å²) in [6.45, 7) is 3.11. The maximum atomic E-state index is 13.7. The van der Waals surface area contributed by atoms with Gasteiger partial charge in [0.1, 0.15) is 5.82 Å². The molecule has 1 saturated heterocycles. The predicted octanol–water partition coefficient (Wildman–Crippen LogP) is 2.48. The van der Waals surface area contributed by atoms with Crippen LogP contribution >= 0.6 is 15.9 Å². The van der Waals surface area contributed by atoms with Crippen molar-refractivity contribution in [3.05, 3.63) is 34.1 Å². The average Bonchev–Trinajstić information content (AvgIpc) is 2.50. The highest BCUT2D eigenvalue weighted by atomic mass is 79.9. The van der Waals surface area contributed by atoms with Gasteiger partial charge in [-0.1, -0.05) is 6.07 Å². The minimum atomic E-state index is -0.527. The molecule has 2 N–H and O–H groups in total. The van der Waals surface area contributed by atoms with E-state index >= 15 is 0 Å². The van der Waals surface area contributed by atoms with Crippen LogP contribution in [0.1, 0.15) is 29.6 Å². The fourth-order valence-corrected chi connectivity index (χ4v) is 2.63. The van der Waals surface area contributed by atoms with Gasteiger partial charge in [-0.15, -0.1) is 0 Å². The highest BCUT2D eigenvalue weighted by Gasteiger charge is 2.14. The minimum absolute atomic E-state index is 0.0589. The van der Waals surface area contributed by atoms with E-state index in [1.54, 1.807) is 12.1 Å². The lowest BCUT2D eigenvalue weighted by atomic mass is 10.1. The first-order valence-corrected chi connectivity index (χ1v) is 8.02. The third-order valence-corrected chi connectivity index (χ3v) is 4.06. The Balaban J connectivity index is 1.66. The lowest BCUT2D eigenvalue weighted by Crippen LogP contribution is -2.33. The van der Waals surface area contributed by atoms with Crippen molar-refractivity contribution in [3.63, 3.8) is 0 Å². The van der Waals surface area contributed by atoms with Crippen LogP contribution in [-0.2, 0) is 4.74 Å². The minimum Gasteiger partial charge on any atom is -0.378 e. The monoisotopic (exact) mass is 358 g/mol. The molecular weight excluding hydrogens is 339 g/mol. The van der Waals surface area contributed by atoms with Crippen LogP contribution in [0.15, 0.2) is 22.7 Å². The molecule has 1 aromatic rings. The molecule has 0 atom stereocenters. The van der Waals surface area contributed by atoms with Gasteiger partial charge in [-0.3, -0.25) is 4.79 Å². The lowest BCUT2D eigenvalue weighted by Gasteiger charge is -2.22. The fraction of sp³-hybridized carbons (Fsp3) is 0.533. The van der Waals surface area contributed by atoms with Crippen LogP contribution in [0.5, 0.6) is 0 Å². The largest absolute Gasteiger partial charge is 0.378 e. The Hall–Kier alpha value is -0.980. The van der Waals surface area contributed by atoms with Crippen LogP contribution in [0.3, 0.4) is 0 Å². The quantitative estimate of drug-likeness (QED) is 0.768. The van der Waals surface area contributed by atoms with E-state index in [-0.39, 0.29) is 5.56 Å². The van der Waals surface area contributed by atoms with Crippen LogP contribution < -0.4 is 10.6 Å². The third kappa shape index (κ3) is 5.05. The Morgan fingerprint density at radius 1 is 1.43 bits per heavy atom. The van der Waals surface area contributed by atoms with Crippen LogP contribution in [0.2, 0.25) is 0 Å². The highest BCUT2D eigenvalue weighted by molar-refractivity contribution is 9.10. The van der Waals surface area contributed by atoms with Crippen molar-refractivity contribution in [2.45, 2.75) is 25.4 Å². The van der Waals surface area contributed by atoms with E-state index in [4.69, 9.17) is 4.74 Å². The molecule has 1 aliphatic rings. The molecule has 0 aliphatic carbocycles. The van der Waals surface area contributed by atoms with Crippen molar-refractivity contribution in [1.82, 2.24) is 10.6 Å². The zero-order chi connectivity index (χ0) is 15.1. The van der Waals surface area contributed by atoms with Crippen LogP contribution in [-0.4, -0.2) is 38.3 Å². The second-order valence-electron chi connectivity index (χ2n) is 5.03. The maximum absolute atomic E-state index is 13.7. The Morgan fingerprint density at radius 3 is 2.95 bits per heavy atom. The molecule has 0 bridgehead atoms. The molecule has 0 unspecified atom stereocenters. The molecule has 1 aliphatic heterocycles. The number of amides is 1. The van der Waals surface area contributed by atoms with E-state index < -0.39 is 11.7 Å². The maximum Gasteiger partial charge on any atom is 0.254 e. The second kappa shape index (κ2) is 8.46. The Labute approximate surface area is 132 Å². The SMILES string of the molecule is O=C(NCCCOC1CCNCC1)c1cccc(Br)c1F. The molecule has 2 rings (SSSR count). The number of carbonyl (C=O) groups excluding carboxylic acids is 1. The molecule has 6 heteroatoms. The molecule has 116 valence electrons. The van der Waals surface area contributed by atoms with Gasteiger partial charge in [0.2, 0.25) is 0 Å². The first-order valence-electron chi connectivity index (χ1n) is 7.23. The third-order valence-electron chi connectivity index (χ3n) is 3.44. The number of halogens is 2. The number of hydrogen-bond acceptors (Lipinski definition) is 3. The van der Waals surface area contributed by atoms with Gasteiger partial charge in [0, 0.05) is 13.2 Å². The second-order valence-corrected chi connectivity index (χ2v) is 5.89. The lowest BCUT2D eigenvalue weighted by molar-refractivity contribution is 0.0317. The van der Waals surface area contributed by atoms with Crippen molar-refractivity contribution in [1.29, 1.82) is 0 Å². The van der Waals surface area contributed by atoms with Crippen LogP contribution in [0.4, 0.5) is 4.39 Å². The Kier molecular flexibility index (Phi) is 6.60. The van der Waals surface area contributed by atoms with E-state index in [0.29, 0.717) is 23.7 Å². The van der Waals surface area contributed by atoms with Crippen molar-refractivity contribution in [2.24, 2.45) is 0 Å². The molecule has 0 aromatic heterocycles. The normalized spacial score (nSPS) is 15.9. The number of ether oxygens (including phenoxy) is 1. The van der Waals surface area contributed by atoms with Crippen molar-refractivity contribution in [2.75, 3.05) is 26.2 Å². The van der Waals surface area contributed by atoms with E-state index in [1.165, 1.54) is 6.07 Å². The molecule has 4 nitrogen and oxygen atoms in total. The molecule has 0 spiro atoms. The van der Waals surface area contributed by atoms with Crippen molar-refractivity contribution >= 4 is 21.8 Å². The van der Waals surface area contributed by atoms with Crippen molar-refractivity contribution in [3.8, 4) is 0 Å². The van der Waals surface area contributed by atoms with Gasteiger partial charge in [0.05, 0.1) is 16.1 Å². The van der Waals surface area contributed by atoms with Gasteiger partial charge in [0.15, 0.2) is 0 Å². The van der Waals surface area contributed by atoms with E-state index in [9.17, 15) is 9.18 Å². The topological polar surface area (TPSA) is 50.4 Å². The molecule has 21 heavy (non-hydrogen) atoms. The zero-order valence-corrected chi connectivity index (χ0v) is 13.4. The number of nitrogens with one attached hydrogen (secondary N) is 2. The average molecular weight is 359 g/mol. The number of benzene rings is 1. The van der Waals surface area contributed by atoms with E-state index in [2.05, 4.69) is 26.6 Å². The molecule has 0 radical (unpaired) electrons. The summed E-state index contributed by atoms with van der Waals surface area (Å²) in [7, 11) is 0. The number of hydrogen-bond donors (Lipinski definition) is 2. The summed E-state index contributed by atoms with van der Waals surface area (Å²) in [5.41, 5.74) is 0.0589. The summed E-state index contributed by atoms with van der Waals surface area (Å²) >= 11 is 3.07. The fourth-order valence-electron chi connectivity index (χ4n) is 2.26. The van der Waals surface area contributed by atoms with Crippen molar-refractivity contribution < 1.29 is 13.9 Å². The summed E-state index contributed by atoms with van der Waals surface area (Å²) < 4.78 is 19.8. The van der Waals surface area contributed by atoms with Crippen LogP contribution in [0, 0.1) is 5.82 Å². The van der Waals surface area contributed by atoms with E-state index in [0.717, 1.165) is 32.4 Å². The van der Waals surface area contributed by atoms with E-state index in [1.807, 2.05) is 0 Å². The van der Waals surface area contributed by atoms with Gasteiger partial charge in [-0.2, -0.15) is 0 Å². The molecular formula is C15H20BrFN2O2. The zero-order valence-electron chi connectivity index (χ0n) is 11.8. The van der Waals surface area contributed by atoms with Gasteiger partial charge in [0.25, 0.3) is 5.91 Å². The van der Waals surface area contributed by atoms with Gasteiger partial charge >= 0.3 is 0 Å².